The number of likely N-dealkylation sites (tertiary alicyclic amines) is 2. The summed E-state index contributed by atoms with van der Waals surface area (Å²) >= 11 is 0. The number of rotatable bonds is 4. The third-order valence-corrected chi connectivity index (χ3v) is 5.93. The van der Waals surface area contributed by atoms with Gasteiger partial charge in [-0.25, -0.2) is 0 Å². The molecule has 3 heterocycles. The summed E-state index contributed by atoms with van der Waals surface area (Å²) in [4.78, 5) is 33.1. The molecule has 2 N–H and O–H groups in total. The molecule has 3 saturated heterocycles. The smallest absolute Gasteiger partial charge is 0.236 e. The minimum atomic E-state index is -0.391. The lowest BCUT2D eigenvalue weighted by molar-refractivity contribution is -0.136. The fraction of sp³-hybridized carbons (Fsp3) is 0.833. The van der Waals surface area contributed by atoms with Crippen LogP contribution in [-0.2, 0) is 9.59 Å². The Labute approximate surface area is 151 Å². The highest BCUT2D eigenvalue weighted by Gasteiger charge is 2.32. The van der Waals surface area contributed by atoms with E-state index in [2.05, 4.69) is 16.8 Å². The van der Waals surface area contributed by atoms with Crippen LogP contribution in [0.3, 0.4) is 0 Å². The Morgan fingerprint density at radius 3 is 2.36 bits per heavy atom. The van der Waals surface area contributed by atoms with Gasteiger partial charge in [0.25, 0.3) is 0 Å². The Balaban J connectivity index is 1.45. The Kier molecular flexibility index (Phi) is 6.30. The predicted octanol–water partition coefficient (Wildman–Crippen LogP) is -0.621. The van der Waals surface area contributed by atoms with Gasteiger partial charge in [-0.15, -0.1) is 0 Å². The van der Waals surface area contributed by atoms with Gasteiger partial charge < -0.3 is 15.5 Å². The summed E-state index contributed by atoms with van der Waals surface area (Å²) < 4.78 is 0. The third-order valence-electron chi connectivity index (χ3n) is 5.93. The maximum Gasteiger partial charge on any atom is 0.236 e. The molecule has 3 fully saturated rings. The number of amides is 2. The van der Waals surface area contributed by atoms with E-state index < -0.39 is 6.04 Å². The van der Waals surface area contributed by atoms with Crippen molar-refractivity contribution in [3.8, 4) is 0 Å². The second-order valence-electron chi connectivity index (χ2n) is 7.65. The maximum atomic E-state index is 12.7. The standard InChI is InChI=1S/C18H32N5O2/c1-20-8-5-15(6-9-20)21-10-12-22(13-11-21)17(24)14-23-7-3-2-4-16(23)18(19)25/h4,15-16H,2-3,5-14H2,1H3,(H2,19,25). The van der Waals surface area contributed by atoms with Crippen molar-refractivity contribution >= 4 is 11.8 Å². The Morgan fingerprint density at radius 2 is 1.72 bits per heavy atom. The van der Waals surface area contributed by atoms with Crippen LogP contribution in [0.5, 0.6) is 0 Å². The van der Waals surface area contributed by atoms with Crippen molar-refractivity contribution < 1.29 is 9.59 Å². The maximum absolute atomic E-state index is 12.7. The molecule has 3 rings (SSSR count). The lowest BCUT2D eigenvalue weighted by Gasteiger charge is -2.43. The minimum absolute atomic E-state index is 0.129. The predicted molar refractivity (Wildman–Crippen MR) is 96.8 cm³/mol. The van der Waals surface area contributed by atoms with Crippen molar-refractivity contribution in [3.05, 3.63) is 6.42 Å². The van der Waals surface area contributed by atoms with Crippen molar-refractivity contribution in [1.82, 2.24) is 19.6 Å². The average Bonchev–Trinajstić information content (AvgIpc) is 2.63. The number of piperidine rings is 2. The molecule has 7 heteroatoms. The van der Waals surface area contributed by atoms with Gasteiger partial charge in [-0.2, -0.15) is 0 Å². The zero-order chi connectivity index (χ0) is 17.8. The average molecular weight is 350 g/mol. The molecule has 3 aliphatic rings. The molecule has 7 nitrogen and oxygen atoms in total. The molecule has 0 aliphatic carbocycles. The van der Waals surface area contributed by atoms with E-state index in [-0.39, 0.29) is 11.8 Å². The fourth-order valence-electron chi connectivity index (χ4n) is 4.30. The highest BCUT2D eigenvalue weighted by Crippen LogP contribution is 2.19. The number of hydrogen-bond donors (Lipinski definition) is 1. The van der Waals surface area contributed by atoms with Crippen LogP contribution >= 0.6 is 0 Å². The van der Waals surface area contributed by atoms with Crippen molar-refractivity contribution in [2.24, 2.45) is 5.73 Å². The van der Waals surface area contributed by atoms with Gasteiger partial charge in [0, 0.05) is 32.2 Å². The zero-order valence-corrected chi connectivity index (χ0v) is 15.4. The molecule has 0 aromatic rings. The molecule has 1 unspecified atom stereocenters. The fourth-order valence-corrected chi connectivity index (χ4v) is 4.30. The van der Waals surface area contributed by atoms with Crippen LogP contribution in [0.25, 0.3) is 0 Å². The van der Waals surface area contributed by atoms with Crippen LogP contribution in [0, 0.1) is 6.42 Å². The number of carbonyl (C=O) groups excluding carboxylic acids is 2. The topological polar surface area (TPSA) is 73.1 Å². The highest BCUT2D eigenvalue weighted by atomic mass is 16.2. The van der Waals surface area contributed by atoms with E-state index in [0.717, 1.165) is 45.6 Å². The van der Waals surface area contributed by atoms with Gasteiger partial charge in [-0.1, -0.05) is 0 Å². The number of piperazine rings is 1. The molecular weight excluding hydrogens is 318 g/mol. The number of hydrogen-bond acceptors (Lipinski definition) is 5. The zero-order valence-electron chi connectivity index (χ0n) is 15.4. The van der Waals surface area contributed by atoms with Crippen LogP contribution in [0.2, 0.25) is 0 Å². The van der Waals surface area contributed by atoms with Crippen LogP contribution < -0.4 is 5.73 Å². The van der Waals surface area contributed by atoms with E-state index in [1.807, 2.05) is 16.2 Å². The normalized spacial score (nSPS) is 28.2. The van der Waals surface area contributed by atoms with Gasteiger partial charge in [0.2, 0.25) is 11.8 Å². The quantitative estimate of drug-likeness (QED) is 0.732. The molecule has 2 amide bonds. The van der Waals surface area contributed by atoms with Crippen LogP contribution in [-0.4, -0.2) is 103 Å². The summed E-state index contributed by atoms with van der Waals surface area (Å²) in [5.74, 6) is -0.218. The molecule has 0 aromatic heterocycles. The summed E-state index contributed by atoms with van der Waals surface area (Å²) in [6, 6.07) is 0.280. The Hall–Kier alpha value is -1.18. The van der Waals surface area contributed by atoms with Crippen molar-refractivity contribution in [2.45, 2.75) is 37.8 Å². The molecule has 141 valence electrons. The van der Waals surface area contributed by atoms with Gasteiger partial charge in [-0.3, -0.25) is 19.4 Å². The van der Waals surface area contributed by atoms with Gasteiger partial charge in [-0.05, 0) is 58.8 Å². The van der Waals surface area contributed by atoms with E-state index in [1.54, 1.807) is 0 Å². The third kappa shape index (κ3) is 4.71. The van der Waals surface area contributed by atoms with Crippen LogP contribution in [0.15, 0.2) is 0 Å². The van der Waals surface area contributed by atoms with E-state index in [4.69, 9.17) is 5.73 Å². The molecular formula is C18H32N5O2. The first-order chi connectivity index (χ1) is 12.0. The molecule has 1 atom stereocenters. The molecule has 25 heavy (non-hydrogen) atoms. The molecule has 0 saturated carbocycles. The molecule has 1 radical (unpaired) electrons. The monoisotopic (exact) mass is 350 g/mol. The lowest BCUT2D eigenvalue weighted by atomic mass is 10.0. The molecule has 0 spiro atoms. The minimum Gasteiger partial charge on any atom is -0.368 e. The lowest BCUT2D eigenvalue weighted by Crippen LogP contribution is -2.57. The van der Waals surface area contributed by atoms with Gasteiger partial charge in [0.1, 0.15) is 0 Å². The molecule has 3 aliphatic heterocycles. The van der Waals surface area contributed by atoms with Crippen LogP contribution in [0.1, 0.15) is 25.7 Å². The second-order valence-corrected chi connectivity index (χ2v) is 7.65. The first kappa shape index (κ1) is 18.6. The van der Waals surface area contributed by atoms with Crippen molar-refractivity contribution in [1.29, 1.82) is 0 Å². The Morgan fingerprint density at radius 1 is 1.04 bits per heavy atom. The van der Waals surface area contributed by atoms with Gasteiger partial charge >= 0.3 is 0 Å². The number of nitrogens with zero attached hydrogens (tertiary/aromatic N) is 4. The summed E-state index contributed by atoms with van der Waals surface area (Å²) in [7, 11) is 2.18. The number of nitrogens with two attached hydrogens (primary N) is 1. The van der Waals surface area contributed by atoms with E-state index in [0.29, 0.717) is 12.6 Å². The van der Waals surface area contributed by atoms with E-state index in [1.165, 1.54) is 25.9 Å². The first-order valence-corrected chi connectivity index (χ1v) is 9.61. The number of carbonyl (C=O) groups is 2. The summed E-state index contributed by atoms with van der Waals surface area (Å²) in [5, 5.41) is 0. The van der Waals surface area contributed by atoms with E-state index in [9.17, 15) is 9.59 Å². The first-order valence-electron chi connectivity index (χ1n) is 9.61. The largest absolute Gasteiger partial charge is 0.368 e. The second kappa shape index (κ2) is 8.47. The molecule has 0 aromatic carbocycles. The van der Waals surface area contributed by atoms with Crippen molar-refractivity contribution in [3.63, 3.8) is 0 Å². The van der Waals surface area contributed by atoms with Gasteiger partial charge in [0.15, 0.2) is 0 Å². The van der Waals surface area contributed by atoms with E-state index >= 15 is 0 Å². The summed E-state index contributed by atoms with van der Waals surface area (Å²) in [6.07, 6.45) is 6.29. The van der Waals surface area contributed by atoms with Gasteiger partial charge in [0.05, 0.1) is 12.6 Å². The molecule has 0 bridgehead atoms. The Bertz CT molecular complexity index is 470. The highest BCUT2D eigenvalue weighted by molar-refractivity contribution is 5.83. The summed E-state index contributed by atoms with van der Waals surface area (Å²) in [5.41, 5.74) is 5.48. The van der Waals surface area contributed by atoms with Crippen LogP contribution in [0.4, 0.5) is 0 Å². The SMILES string of the molecule is CN1CCC(N2CCN(C(=O)CN3CCC[CH]C3C(N)=O)CC2)CC1. The summed E-state index contributed by atoms with van der Waals surface area (Å²) in [6.45, 7) is 6.93. The number of primary amides is 1. The van der Waals surface area contributed by atoms with Crippen molar-refractivity contribution in [2.75, 3.05) is 59.4 Å².